The lowest BCUT2D eigenvalue weighted by Crippen LogP contribution is -2.37. The van der Waals surface area contributed by atoms with Crippen LogP contribution in [0.2, 0.25) is 0 Å². The number of aliphatic hydroxyl groups excluding tert-OH is 1. The SMILES string of the molecule is CCC(C)(C)NCc1ccc(OCCO)cc1.Cl. The summed E-state index contributed by atoms with van der Waals surface area (Å²) >= 11 is 0. The van der Waals surface area contributed by atoms with Crippen molar-refractivity contribution in [1.82, 2.24) is 5.32 Å². The Hall–Kier alpha value is -0.770. The summed E-state index contributed by atoms with van der Waals surface area (Å²) in [6.07, 6.45) is 1.10. The van der Waals surface area contributed by atoms with E-state index in [-0.39, 0.29) is 24.6 Å². The fourth-order valence-corrected chi connectivity index (χ4v) is 1.33. The van der Waals surface area contributed by atoms with Crippen molar-refractivity contribution in [2.45, 2.75) is 39.3 Å². The van der Waals surface area contributed by atoms with E-state index < -0.39 is 0 Å². The Bertz CT molecular complexity index is 325. The van der Waals surface area contributed by atoms with Gasteiger partial charge < -0.3 is 15.2 Å². The largest absolute Gasteiger partial charge is 0.491 e. The highest BCUT2D eigenvalue weighted by molar-refractivity contribution is 5.85. The van der Waals surface area contributed by atoms with Gasteiger partial charge in [0.15, 0.2) is 0 Å². The molecule has 1 rings (SSSR count). The molecule has 0 aliphatic carbocycles. The molecule has 0 aliphatic rings. The molecule has 0 bridgehead atoms. The average molecular weight is 274 g/mol. The molecule has 4 heteroatoms. The number of aliphatic hydroxyl groups is 1. The van der Waals surface area contributed by atoms with Crippen LogP contribution >= 0.6 is 12.4 Å². The molecular weight excluding hydrogens is 250 g/mol. The van der Waals surface area contributed by atoms with Crippen LogP contribution in [0.3, 0.4) is 0 Å². The van der Waals surface area contributed by atoms with E-state index in [1.807, 2.05) is 24.3 Å². The van der Waals surface area contributed by atoms with Crippen LogP contribution in [0.1, 0.15) is 32.8 Å². The number of hydrogen-bond acceptors (Lipinski definition) is 3. The number of halogens is 1. The van der Waals surface area contributed by atoms with Crippen LogP contribution in [-0.4, -0.2) is 23.9 Å². The Balaban J connectivity index is 0.00000289. The molecule has 0 atom stereocenters. The molecule has 0 aliphatic heterocycles. The van der Waals surface area contributed by atoms with Crippen molar-refractivity contribution >= 4 is 12.4 Å². The first kappa shape index (κ1) is 17.2. The quantitative estimate of drug-likeness (QED) is 0.803. The first-order valence-corrected chi connectivity index (χ1v) is 6.15. The minimum atomic E-state index is 0. The molecule has 0 amide bonds. The van der Waals surface area contributed by atoms with Crippen molar-refractivity contribution in [3.05, 3.63) is 29.8 Å². The highest BCUT2D eigenvalue weighted by atomic mass is 35.5. The van der Waals surface area contributed by atoms with Crippen molar-refractivity contribution in [3.8, 4) is 5.75 Å². The van der Waals surface area contributed by atoms with Gasteiger partial charge in [-0.25, -0.2) is 0 Å². The van der Waals surface area contributed by atoms with Crippen LogP contribution in [-0.2, 0) is 6.54 Å². The van der Waals surface area contributed by atoms with Gasteiger partial charge in [-0.1, -0.05) is 19.1 Å². The van der Waals surface area contributed by atoms with Crippen LogP contribution in [0.25, 0.3) is 0 Å². The third-order valence-electron chi connectivity index (χ3n) is 2.94. The second-order valence-electron chi connectivity index (χ2n) is 4.81. The number of hydrogen-bond donors (Lipinski definition) is 2. The Labute approximate surface area is 116 Å². The summed E-state index contributed by atoms with van der Waals surface area (Å²) in [5.41, 5.74) is 1.41. The van der Waals surface area contributed by atoms with Gasteiger partial charge in [0, 0.05) is 12.1 Å². The van der Waals surface area contributed by atoms with Gasteiger partial charge in [0.25, 0.3) is 0 Å². The molecule has 1 aromatic carbocycles. The zero-order chi connectivity index (χ0) is 12.7. The lowest BCUT2D eigenvalue weighted by molar-refractivity contribution is 0.201. The monoisotopic (exact) mass is 273 g/mol. The zero-order valence-electron chi connectivity index (χ0n) is 11.4. The van der Waals surface area contributed by atoms with Crippen LogP contribution in [0.15, 0.2) is 24.3 Å². The Morgan fingerprint density at radius 2 is 1.83 bits per heavy atom. The Morgan fingerprint density at radius 3 is 2.33 bits per heavy atom. The molecule has 1 aromatic rings. The molecule has 0 radical (unpaired) electrons. The zero-order valence-corrected chi connectivity index (χ0v) is 12.2. The standard InChI is InChI=1S/C14H23NO2.ClH/c1-4-14(2,3)15-11-12-5-7-13(8-6-12)17-10-9-16;/h5-8,15-16H,4,9-11H2,1-3H3;1H. The van der Waals surface area contributed by atoms with E-state index in [1.54, 1.807) is 0 Å². The summed E-state index contributed by atoms with van der Waals surface area (Å²) in [4.78, 5) is 0. The predicted octanol–water partition coefficient (Wildman–Crippen LogP) is 2.76. The minimum Gasteiger partial charge on any atom is -0.491 e. The molecule has 3 nitrogen and oxygen atoms in total. The lowest BCUT2D eigenvalue weighted by Gasteiger charge is -2.24. The highest BCUT2D eigenvalue weighted by Crippen LogP contribution is 2.13. The number of rotatable bonds is 7. The Kier molecular flexibility index (Phi) is 8.00. The number of ether oxygens (including phenoxy) is 1. The van der Waals surface area contributed by atoms with E-state index in [9.17, 15) is 0 Å². The van der Waals surface area contributed by atoms with Gasteiger partial charge in [-0.3, -0.25) is 0 Å². The van der Waals surface area contributed by atoms with E-state index in [4.69, 9.17) is 9.84 Å². The molecule has 0 spiro atoms. The minimum absolute atomic E-state index is 0. The van der Waals surface area contributed by atoms with E-state index in [0.717, 1.165) is 18.7 Å². The first-order chi connectivity index (χ1) is 8.07. The molecule has 0 saturated heterocycles. The first-order valence-electron chi connectivity index (χ1n) is 6.15. The second-order valence-corrected chi connectivity index (χ2v) is 4.81. The van der Waals surface area contributed by atoms with Crippen LogP contribution in [0.4, 0.5) is 0 Å². The third kappa shape index (κ3) is 6.24. The molecule has 0 heterocycles. The molecule has 0 aromatic heterocycles. The van der Waals surface area contributed by atoms with Gasteiger partial charge >= 0.3 is 0 Å². The Morgan fingerprint density at radius 1 is 1.22 bits per heavy atom. The van der Waals surface area contributed by atoms with Gasteiger partial charge in [-0.2, -0.15) is 0 Å². The summed E-state index contributed by atoms with van der Waals surface area (Å²) < 4.78 is 5.31. The fraction of sp³-hybridized carbons (Fsp3) is 0.571. The normalized spacial score (nSPS) is 10.9. The van der Waals surface area contributed by atoms with Gasteiger partial charge in [0.1, 0.15) is 12.4 Å². The van der Waals surface area contributed by atoms with Crippen molar-refractivity contribution in [2.75, 3.05) is 13.2 Å². The second kappa shape index (κ2) is 8.35. The van der Waals surface area contributed by atoms with Crippen LogP contribution < -0.4 is 10.1 Å². The van der Waals surface area contributed by atoms with E-state index in [2.05, 4.69) is 26.1 Å². The lowest BCUT2D eigenvalue weighted by atomic mass is 10.0. The maximum absolute atomic E-state index is 8.65. The number of benzene rings is 1. The van der Waals surface area contributed by atoms with Crippen molar-refractivity contribution in [2.24, 2.45) is 0 Å². The molecule has 0 unspecified atom stereocenters. The van der Waals surface area contributed by atoms with Crippen molar-refractivity contribution in [1.29, 1.82) is 0 Å². The average Bonchev–Trinajstić information content (AvgIpc) is 2.35. The molecule has 0 fully saturated rings. The number of nitrogens with one attached hydrogen (secondary N) is 1. The van der Waals surface area contributed by atoms with Gasteiger partial charge in [-0.05, 0) is 38.0 Å². The summed E-state index contributed by atoms with van der Waals surface area (Å²) in [6.45, 7) is 7.84. The topological polar surface area (TPSA) is 41.5 Å². The molecular formula is C14H24ClNO2. The summed E-state index contributed by atoms with van der Waals surface area (Å²) in [5, 5.41) is 12.2. The maximum atomic E-state index is 8.65. The van der Waals surface area contributed by atoms with Crippen molar-refractivity contribution in [3.63, 3.8) is 0 Å². The smallest absolute Gasteiger partial charge is 0.119 e. The molecule has 0 saturated carbocycles. The summed E-state index contributed by atoms with van der Waals surface area (Å²) in [7, 11) is 0. The van der Waals surface area contributed by atoms with Crippen molar-refractivity contribution < 1.29 is 9.84 Å². The summed E-state index contributed by atoms with van der Waals surface area (Å²) in [6, 6.07) is 7.97. The van der Waals surface area contributed by atoms with Crippen LogP contribution in [0, 0.1) is 0 Å². The van der Waals surface area contributed by atoms with E-state index in [0.29, 0.717) is 6.61 Å². The van der Waals surface area contributed by atoms with Gasteiger partial charge in [0.2, 0.25) is 0 Å². The third-order valence-corrected chi connectivity index (χ3v) is 2.94. The van der Waals surface area contributed by atoms with Gasteiger partial charge in [-0.15, -0.1) is 12.4 Å². The predicted molar refractivity (Wildman–Crippen MR) is 77.5 cm³/mol. The highest BCUT2D eigenvalue weighted by Gasteiger charge is 2.12. The maximum Gasteiger partial charge on any atom is 0.119 e. The van der Waals surface area contributed by atoms with Gasteiger partial charge in [0.05, 0.1) is 6.61 Å². The summed E-state index contributed by atoms with van der Waals surface area (Å²) in [5.74, 6) is 0.803. The van der Waals surface area contributed by atoms with Crippen LogP contribution in [0.5, 0.6) is 5.75 Å². The molecule has 18 heavy (non-hydrogen) atoms. The van der Waals surface area contributed by atoms with E-state index >= 15 is 0 Å². The van der Waals surface area contributed by atoms with E-state index in [1.165, 1.54) is 5.56 Å². The molecule has 104 valence electrons. The fourth-order valence-electron chi connectivity index (χ4n) is 1.33. The molecule has 2 N–H and O–H groups in total.